The van der Waals surface area contributed by atoms with Crippen LogP contribution >= 0.6 is 0 Å². The average Bonchev–Trinajstić information content (AvgIpc) is 2.44. The van der Waals surface area contributed by atoms with Crippen LogP contribution in [0.1, 0.15) is 19.4 Å². The zero-order valence-electron chi connectivity index (χ0n) is 13.1. The van der Waals surface area contributed by atoms with Gasteiger partial charge in [0.25, 0.3) is 0 Å². The molecule has 1 aromatic carbocycles. The largest absolute Gasteiger partial charge is 0.502 e. The van der Waals surface area contributed by atoms with Crippen molar-refractivity contribution in [3.63, 3.8) is 0 Å². The fourth-order valence-corrected chi connectivity index (χ4v) is 1.80. The summed E-state index contributed by atoms with van der Waals surface area (Å²) in [5.41, 5.74) is 1.02. The number of benzene rings is 1. The topological polar surface area (TPSA) is 54.0 Å². The van der Waals surface area contributed by atoms with Gasteiger partial charge < -0.3 is 24.8 Å². The summed E-state index contributed by atoms with van der Waals surface area (Å²) >= 11 is 0. The molecule has 2 N–H and O–H groups in total. The highest BCUT2D eigenvalue weighted by molar-refractivity contribution is 5.52. The molecule has 0 saturated carbocycles. The molecule has 0 saturated heterocycles. The van der Waals surface area contributed by atoms with E-state index in [4.69, 9.17) is 9.47 Å². The second kappa shape index (κ2) is 7.97. The van der Waals surface area contributed by atoms with E-state index < -0.39 is 0 Å². The molecule has 0 unspecified atom stereocenters. The molecule has 5 heteroatoms. The predicted molar refractivity (Wildman–Crippen MR) is 80.7 cm³/mol. The van der Waals surface area contributed by atoms with Gasteiger partial charge in [-0.25, -0.2) is 0 Å². The lowest BCUT2D eigenvalue weighted by molar-refractivity contribution is 0.273. The zero-order chi connectivity index (χ0) is 15.1. The van der Waals surface area contributed by atoms with Gasteiger partial charge in [0.15, 0.2) is 11.5 Å². The van der Waals surface area contributed by atoms with Gasteiger partial charge >= 0.3 is 0 Å². The van der Waals surface area contributed by atoms with Gasteiger partial charge in [0.2, 0.25) is 5.75 Å². The van der Waals surface area contributed by atoms with Crippen LogP contribution in [0.4, 0.5) is 0 Å². The summed E-state index contributed by atoms with van der Waals surface area (Å²) in [6.07, 6.45) is 0. The quantitative estimate of drug-likeness (QED) is 0.713. The first kappa shape index (κ1) is 16.6. The van der Waals surface area contributed by atoms with Crippen molar-refractivity contribution in [3.05, 3.63) is 17.7 Å². The molecule has 0 atom stereocenters. The van der Waals surface area contributed by atoms with E-state index in [1.54, 1.807) is 0 Å². The van der Waals surface area contributed by atoms with Gasteiger partial charge in [0, 0.05) is 25.7 Å². The van der Waals surface area contributed by atoms with Crippen LogP contribution in [0.3, 0.4) is 0 Å². The van der Waals surface area contributed by atoms with E-state index >= 15 is 0 Å². The predicted octanol–water partition coefficient (Wildman–Crippen LogP) is 1.84. The minimum Gasteiger partial charge on any atom is -0.502 e. The van der Waals surface area contributed by atoms with Gasteiger partial charge in [-0.05, 0) is 38.6 Å². The number of nitrogens with zero attached hydrogens (tertiary/aromatic N) is 1. The highest BCUT2D eigenvalue weighted by atomic mass is 16.5. The van der Waals surface area contributed by atoms with Crippen LogP contribution in [-0.4, -0.2) is 50.4 Å². The van der Waals surface area contributed by atoms with Crippen LogP contribution < -0.4 is 14.8 Å². The molecule has 0 heterocycles. The molecule has 0 fully saturated rings. The summed E-state index contributed by atoms with van der Waals surface area (Å²) in [5.74, 6) is 0.902. The molecule has 114 valence electrons. The molecule has 1 aromatic rings. The maximum Gasteiger partial charge on any atom is 0.200 e. The van der Waals surface area contributed by atoms with Crippen molar-refractivity contribution >= 4 is 0 Å². The van der Waals surface area contributed by atoms with Crippen molar-refractivity contribution in [2.24, 2.45) is 0 Å². The Labute approximate surface area is 121 Å². The highest BCUT2D eigenvalue weighted by Gasteiger charge is 2.11. The minimum absolute atomic E-state index is 0.0401. The van der Waals surface area contributed by atoms with Crippen molar-refractivity contribution < 1.29 is 14.6 Å². The Bertz CT molecular complexity index is 397. The Hall–Kier alpha value is -1.46. The van der Waals surface area contributed by atoms with E-state index in [1.807, 2.05) is 12.1 Å². The molecule has 0 amide bonds. The summed E-state index contributed by atoms with van der Waals surface area (Å²) in [5, 5.41) is 13.2. The fraction of sp³-hybridized carbons (Fsp3) is 0.600. The van der Waals surface area contributed by atoms with E-state index in [-0.39, 0.29) is 5.75 Å². The van der Waals surface area contributed by atoms with Gasteiger partial charge in [0.1, 0.15) is 0 Å². The summed E-state index contributed by atoms with van der Waals surface area (Å²) < 4.78 is 10.3. The molecular weight excluding hydrogens is 256 g/mol. The van der Waals surface area contributed by atoms with Gasteiger partial charge in [-0.2, -0.15) is 0 Å². The van der Waals surface area contributed by atoms with Gasteiger partial charge in [0.05, 0.1) is 14.2 Å². The monoisotopic (exact) mass is 282 g/mol. The number of aromatic hydroxyl groups is 1. The number of methoxy groups -OCH3 is 2. The lowest BCUT2D eigenvalue weighted by atomic mass is 10.2. The van der Waals surface area contributed by atoms with Crippen LogP contribution in [0, 0.1) is 0 Å². The minimum atomic E-state index is 0.0401. The van der Waals surface area contributed by atoms with Crippen LogP contribution in [-0.2, 0) is 6.54 Å². The summed E-state index contributed by atoms with van der Waals surface area (Å²) in [6.45, 7) is 6.95. The maximum absolute atomic E-state index is 9.84. The third-order valence-electron chi connectivity index (χ3n) is 3.39. The van der Waals surface area contributed by atoms with Crippen molar-refractivity contribution in [2.45, 2.75) is 26.4 Å². The molecule has 0 aliphatic heterocycles. The summed E-state index contributed by atoms with van der Waals surface area (Å²) in [7, 11) is 5.17. The Balaban J connectivity index is 2.56. The van der Waals surface area contributed by atoms with Crippen molar-refractivity contribution in [1.82, 2.24) is 10.2 Å². The van der Waals surface area contributed by atoms with E-state index in [1.165, 1.54) is 14.2 Å². The first-order valence-corrected chi connectivity index (χ1v) is 6.84. The Morgan fingerprint density at radius 1 is 1.20 bits per heavy atom. The Kier molecular flexibility index (Phi) is 6.61. The number of ether oxygens (including phenoxy) is 2. The van der Waals surface area contributed by atoms with Gasteiger partial charge in [-0.3, -0.25) is 0 Å². The number of hydrogen-bond acceptors (Lipinski definition) is 5. The molecule has 1 rings (SSSR count). The normalized spacial score (nSPS) is 11.2. The van der Waals surface area contributed by atoms with Crippen LogP contribution in [0.25, 0.3) is 0 Å². The SMILES string of the molecule is COc1cc(CNCCN(C)C(C)C)cc(OC)c1O. The van der Waals surface area contributed by atoms with Gasteiger partial charge in [-0.15, -0.1) is 0 Å². The summed E-state index contributed by atoms with van der Waals surface area (Å²) in [4.78, 5) is 2.28. The number of likely N-dealkylation sites (N-methyl/N-ethyl adjacent to an activating group) is 1. The lowest BCUT2D eigenvalue weighted by Gasteiger charge is -2.21. The van der Waals surface area contributed by atoms with Crippen LogP contribution in [0.5, 0.6) is 17.2 Å². The Morgan fingerprint density at radius 3 is 2.20 bits per heavy atom. The molecule has 20 heavy (non-hydrogen) atoms. The first-order chi connectivity index (χ1) is 9.49. The number of rotatable bonds is 8. The molecule has 0 bridgehead atoms. The standard InChI is InChI=1S/C15H26N2O3/c1-11(2)17(3)7-6-16-10-12-8-13(19-4)15(18)14(9-12)20-5/h8-9,11,16,18H,6-7,10H2,1-5H3. The second-order valence-electron chi connectivity index (χ2n) is 5.10. The summed E-state index contributed by atoms with van der Waals surface area (Å²) in [6, 6.07) is 4.18. The van der Waals surface area contributed by atoms with Crippen LogP contribution in [0.2, 0.25) is 0 Å². The van der Waals surface area contributed by atoms with Crippen molar-refractivity contribution in [1.29, 1.82) is 0 Å². The zero-order valence-corrected chi connectivity index (χ0v) is 13.1. The highest BCUT2D eigenvalue weighted by Crippen LogP contribution is 2.36. The van der Waals surface area contributed by atoms with E-state index in [9.17, 15) is 5.11 Å². The van der Waals surface area contributed by atoms with E-state index in [0.29, 0.717) is 24.1 Å². The molecule has 0 radical (unpaired) electrons. The molecular formula is C15H26N2O3. The Morgan fingerprint density at radius 2 is 1.75 bits per heavy atom. The number of nitrogens with one attached hydrogen (secondary N) is 1. The number of phenolic OH excluding ortho intramolecular Hbond substituents is 1. The number of phenols is 1. The third-order valence-corrected chi connectivity index (χ3v) is 3.39. The van der Waals surface area contributed by atoms with E-state index in [2.05, 4.69) is 31.1 Å². The second-order valence-corrected chi connectivity index (χ2v) is 5.10. The smallest absolute Gasteiger partial charge is 0.200 e. The van der Waals surface area contributed by atoms with Crippen molar-refractivity contribution in [3.8, 4) is 17.2 Å². The van der Waals surface area contributed by atoms with E-state index in [0.717, 1.165) is 18.7 Å². The fourth-order valence-electron chi connectivity index (χ4n) is 1.80. The van der Waals surface area contributed by atoms with Crippen molar-refractivity contribution in [2.75, 3.05) is 34.4 Å². The molecule has 0 aliphatic carbocycles. The molecule has 0 aliphatic rings. The third kappa shape index (κ3) is 4.58. The maximum atomic E-state index is 9.84. The molecule has 5 nitrogen and oxygen atoms in total. The van der Waals surface area contributed by atoms with Gasteiger partial charge in [-0.1, -0.05) is 0 Å². The first-order valence-electron chi connectivity index (χ1n) is 6.84. The van der Waals surface area contributed by atoms with Crippen LogP contribution in [0.15, 0.2) is 12.1 Å². The lowest BCUT2D eigenvalue weighted by Crippen LogP contribution is -2.33. The molecule has 0 spiro atoms. The average molecular weight is 282 g/mol. The molecule has 0 aromatic heterocycles. The number of hydrogen-bond donors (Lipinski definition) is 2.